The maximum atomic E-state index is 12.3. The molecule has 1 amide bonds. The molecular formula is C19H30N4O. The minimum absolute atomic E-state index is 0.0950. The molecule has 1 aliphatic carbocycles. The summed E-state index contributed by atoms with van der Waals surface area (Å²) in [4.78, 5) is 19.3. The molecule has 1 saturated heterocycles. The monoisotopic (exact) mass is 330 g/mol. The van der Waals surface area contributed by atoms with Gasteiger partial charge >= 0.3 is 0 Å². The Morgan fingerprint density at radius 2 is 2.08 bits per heavy atom. The van der Waals surface area contributed by atoms with Crippen molar-refractivity contribution >= 4 is 11.7 Å². The standard InChI is InChI=1S/C19H30N4O/c1-14-7-9-23(10-8-14)18-6-5-15(12-21-18)13-22-19(24)17-4-2-3-16(17)11-20/h5-6,12,14,16-17H,2-4,7-11,13,20H2,1H3,(H,22,24)/t16-,17-/m1/s1. The lowest BCUT2D eigenvalue weighted by Gasteiger charge is -2.31. The lowest BCUT2D eigenvalue weighted by Crippen LogP contribution is -2.35. The molecule has 0 radical (unpaired) electrons. The van der Waals surface area contributed by atoms with Crippen molar-refractivity contribution < 1.29 is 4.79 Å². The highest BCUT2D eigenvalue weighted by Gasteiger charge is 2.31. The van der Waals surface area contributed by atoms with E-state index in [0.717, 1.165) is 49.7 Å². The molecule has 0 aromatic carbocycles. The Hall–Kier alpha value is -1.62. The molecule has 1 aromatic rings. The first-order chi connectivity index (χ1) is 11.7. The number of anilines is 1. The van der Waals surface area contributed by atoms with Gasteiger partial charge < -0.3 is 16.0 Å². The summed E-state index contributed by atoms with van der Waals surface area (Å²) < 4.78 is 0. The summed E-state index contributed by atoms with van der Waals surface area (Å²) in [5.74, 6) is 2.47. The smallest absolute Gasteiger partial charge is 0.223 e. The van der Waals surface area contributed by atoms with Crippen molar-refractivity contribution in [3.8, 4) is 0 Å². The maximum absolute atomic E-state index is 12.3. The number of piperidine rings is 1. The van der Waals surface area contributed by atoms with Gasteiger partial charge in [-0.2, -0.15) is 0 Å². The first kappa shape index (κ1) is 17.2. The fourth-order valence-electron chi connectivity index (χ4n) is 3.93. The minimum Gasteiger partial charge on any atom is -0.357 e. The zero-order valence-electron chi connectivity index (χ0n) is 14.7. The summed E-state index contributed by atoms with van der Waals surface area (Å²) in [5, 5.41) is 3.06. The number of nitrogens with zero attached hydrogens (tertiary/aromatic N) is 2. The highest BCUT2D eigenvalue weighted by atomic mass is 16.1. The first-order valence-electron chi connectivity index (χ1n) is 9.35. The van der Waals surface area contributed by atoms with Gasteiger partial charge in [0.05, 0.1) is 0 Å². The number of amides is 1. The van der Waals surface area contributed by atoms with E-state index in [0.29, 0.717) is 19.0 Å². The molecule has 132 valence electrons. The van der Waals surface area contributed by atoms with E-state index >= 15 is 0 Å². The topological polar surface area (TPSA) is 71.2 Å². The Kier molecular flexibility index (Phi) is 5.72. The third-order valence-electron chi connectivity index (χ3n) is 5.68. The lowest BCUT2D eigenvalue weighted by atomic mass is 9.95. The highest BCUT2D eigenvalue weighted by Crippen LogP contribution is 2.31. The van der Waals surface area contributed by atoms with Crippen molar-refractivity contribution in [2.45, 2.75) is 45.6 Å². The van der Waals surface area contributed by atoms with E-state index in [1.54, 1.807) is 0 Å². The molecule has 2 atom stereocenters. The molecule has 2 aliphatic rings. The largest absolute Gasteiger partial charge is 0.357 e. The SMILES string of the molecule is CC1CCN(c2ccc(CNC(=O)[C@@H]3CCC[C@@H]3CN)cn2)CC1. The summed E-state index contributed by atoms with van der Waals surface area (Å²) >= 11 is 0. The van der Waals surface area contributed by atoms with Crippen LogP contribution in [0.1, 0.15) is 44.6 Å². The van der Waals surface area contributed by atoms with Crippen molar-refractivity contribution in [1.29, 1.82) is 0 Å². The van der Waals surface area contributed by atoms with Crippen LogP contribution in [0, 0.1) is 17.8 Å². The number of pyridine rings is 1. The van der Waals surface area contributed by atoms with Crippen LogP contribution in [0.5, 0.6) is 0 Å². The molecule has 2 heterocycles. The Balaban J connectivity index is 1.50. The molecule has 0 spiro atoms. The lowest BCUT2D eigenvalue weighted by molar-refractivity contribution is -0.126. The van der Waals surface area contributed by atoms with E-state index in [1.807, 2.05) is 6.20 Å². The van der Waals surface area contributed by atoms with Crippen LogP contribution in [0.2, 0.25) is 0 Å². The van der Waals surface area contributed by atoms with Crippen LogP contribution >= 0.6 is 0 Å². The van der Waals surface area contributed by atoms with Gasteiger partial charge in [0.25, 0.3) is 0 Å². The minimum atomic E-state index is 0.0950. The third-order valence-corrected chi connectivity index (χ3v) is 5.68. The Morgan fingerprint density at radius 3 is 2.75 bits per heavy atom. The average Bonchev–Trinajstić information content (AvgIpc) is 3.10. The summed E-state index contributed by atoms with van der Waals surface area (Å²) in [6.45, 7) is 5.66. The number of nitrogens with two attached hydrogens (primary N) is 1. The van der Waals surface area contributed by atoms with Gasteiger partial charge in [-0.25, -0.2) is 4.98 Å². The molecule has 5 heteroatoms. The number of hydrogen-bond acceptors (Lipinski definition) is 4. The van der Waals surface area contributed by atoms with E-state index in [-0.39, 0.29) is 11.8 Å². The molecule has 1 saturated carbocycles. The molecule has 1 aromatic heterocycles. The van der Waals surface area contributed by atoms with Gasteiger partial charge in [-0.05, 0) is 55.7 Å². The van der Waals surface area contributed by atoms with Crippen molar-refractivity contribution in [2.75, 3.05) is 24.5 Å². The number of nitrogens with one attached hydrogen (secondary N) is 1. The molecule has 24 heavy (non-hydrogen) atoms. The number of hydrogen-bond donors (Lipinski definition) is 2. The molecule has 3 rings (SSSR count). The van der Waals surface area contributed by atoms with Gasteiger partial charge in [-0.3, -0.25) is 4.79 Å². The van der Waals surface area contributed by atoms with Crippen LogP contribution in [-0.2, 0) is 11.3 Å². The van der Waals surface area contributed by atoms with E-state index in [4.69, 9.17) is 5.73 Å². The normalized spacial score (nSPS) is 25.0. The second-order valence-corrected chi connectivity index (χ2v) is 7.45. The second-order valence-electron chi connectivity index (χ2n) is 7.45. The van der Waals surface area contributed by atoms with E-state index < -0.39 is 0 Å². The average molecular weight is 330 g/mol. The Bertz CT molecular complexity index is 537. The second kappa shape index (κ2) is 7.97. The van der Waals surface area contributed by atoms with Gasteiger partial charge in [0.15, 0.2) is 0 Å². The van der Waals surface area contributed by atoms with Crippen LogP contribution in [0.25, 0.3) is 0 Å². The van der Waals surface area contributed by atoms with Gasteiger partial charge in [-0.15, -0.1) is 0 Å². The fraction of sp³-hybridized carbons (Fsp3) is 0.684. The zero-order valence-corrected chi connectivity index (χ0v) is 14.7. The van der Waals surface area contributed by atoms with Crippen LogP contribution in [0.15, 0.2) is 18.3 Å². The van der Waals surface area contributed by atoms with E-state index in [9.17, 15) is 4.79 Å². The maximum Gasteiger partial charge on any atom is 0.223 e. The number of rotatable bonds is 5. The quantitative estimate of drug-likeness (QED) is 0.869. The van der Waals surface area contributed by atoms with E-state index in [2.05, 4.69) is 34.3 Å². The molecule has 0 unspecified atom stereocenters. The third kappa shape index (κ3) is 4.07. The van der Waals surface area contributed by atoms with Crippen LogP contribution < -0.4 is 16.0 Å². The number of carbonyl (C=O) groups excluding carboxylic acids is 1. The molecular weight excluding hydrogens is 300 g/mol. The Labute approximate surface area is 145 Å². The molecule has 5 nitrogen and oxygen atoms in total. The van der Waals surface area contributed by atoms with Crippen LogP contribution in [0.3, 0.4) is 0 Å². The van der Waals surface area contributed by atoms with Crippen molar-refractivity contribution in [1.82, 2.24) is 10.3 Å². The van der Waals surface area contributed by atoms with Gasteiger partial charge in [-0.1, -0.05) is 19.4 Å². The summed E-state index contributed by atoms with van der Waals surface area (Å²) in [6, 6.07) is 4.16. The predicted molar refractivity (Wildman–Crippen MR) is 96.6 cm³/mol. The fourth-order valence-corrected chi connectivity index (χ4v) is 3.93. The van der Waals surface area contributed by atoms with Crippen molar-refractivity contribution in [3.05, 3.63) is 23.9 Å². The van der Waals surface area contributed by atoms with E-state index in [1.165, 1.54) is 12.8 Å². The van der Waals surface area contributed by atoms with Gasteiger partial charge in [0.2, 0.25) is 5.91 Å². The first-order valence-corrected chi connectivity index (χ1v) is 9.35. The van der Waals surface area contributed by atoms with Crippen LogP contribution in [0.4, 0.5) is 5.82 Å². The number of aromatic nitrogens is 1. The van der Waals surface area contributed by atoms with Crippen molar-refractivity contribution in [2.24, 2.45) is 23.5 Å². The van der Waals surface area contributed by atoms with Gasteiger partial charge in [0, 0.05) is 31.7 Å². The number of carbonyl (C=O) groups is 1. The Morgan fingerprint density at radius 1 is 1.29 bits per heavy atom. The zero-order chi connectivity index (χ0) is 16.9. The predicted octanol–water partition coefficient (Wildman–Crippen LogP) is 2.31. The summed E-state index contributed by atoms with van der Waals surface area (Å²) in [7, 11) is 0. The molecule has 0 bridgehead atoms. The summed E-state index contributed by atoms with van der Waals surface area (Å²) in [6.07, 6.45) is 7.54. The molecule has 3 N–H and O–H groups in total. The summed E-state index contributed by atoms with van der Waals surface area (Å²) in [5.41, 5.74) is 6.83. The highest BCUT2D eigenvalue weighted by molar-refractivity contribution is 5.79. The van der Waals surface area contributed by atoms with Crippen molar-refractivity contribution in [3.63, 3.8) is 0 Å². The van der Waals surface area contributed by atoms with Crippen LogP contribution in [-0.4, -0.2) is 30.5 Å². The van der Waals surface area contributed by atoms with Gasteiger partial charge in [0.1, 0.15) is 5.82 Å². The molecule has 1 aliphatic heterocycles. The molecule has 2 fully saturated rings.